The Bertz CT molecular complexity index is 600. The van der Waals surface area contributed by atoms with Gasteiger partial charge in [-0.1, -0.05) is 0 Å². The van der Waals surface area contributed by atoms with Gasteiger partial charge in [0.25, 0.3) is 5.69 Å². The number of likely N-dealkylation sites (N-methyl/N-ethyl adjacent to an activating group) is 2. The van der Waals surface area contributed by atoms with E-state index < -0.39 is 14.9 Å². The molecule has 0 aliphatic carbocycles. The van der Waals surface area contributed by atoms with Crippen LogP contribution in [0, 0.1) is 10.1 Å². The number of hydrogen-bond acceptors (Lipinski definition) is 6. The van der Waals surface area contributed by atoms with E-state index in [1.54, 1.807) is 0 Å². The Balaban J connectivity index is 3.04. The molecule has 0 spiro atoms. The van der Waals surface area contributed by atoms with Gasteiger partial charge in [0.1, 0.15) is 5.69 Å². The number of nitrogens with zero attached hydrogens (tertiary/aromatic N) is 3. The lowest BCUT2D eigenvalue weighted by Crippen LogP contribution is -2.33. The summed E-state index contributed by atoms with van der Waals surface area (Å²) < 4.78 is 25.7. The Morgan fingerprint density at radius 3 is 2.30 bits per heavy atom. The molecule has 1 rings (SSSR count). The largest absolute Gasteiger partial charge is 0.393 e. The highest BCUT2D eigenvalue weighted by Crippen LogP contribution is 2.25. The van der Waals surface area contributed by atoms with Crippen molar-refractivity contribution in [2.24, 2.45) is 0 Å². The summed E-state index contributed by atoms with van der Waals surface area (Å²) in [5.41, 5.74) is 5.03. The van der Waals surface area contributed by atoms with Crippen LogP contribution in [0.3, 0.4) is 0 Å². The molecule has 0 radical (unpaired) electrons. The van der Waals surface area contributed by atoms with Crippen LogP contribution in [0.15, 0.2) is 23.1 Å². The molecule has 0 saturated heterocycles. The maximum Gasteiger partial charge on any atom is 0.292 e. The zero-order chi connectivity index (χ0) is 15.5. The van der Waals surface area contributed by atoms with Gasteiger partial charge in [0, 0.05) is 26.2 Å². The van der Waals surface area contributed by atoms with E-state index in [0.29, 0.717) is 13.1 Å². The molecule has 2 N–H and O–H groups in total. The second-order valence-electron chi connectivity index (χ2n) is 4.61. The Morgan fingerprint density at radius 2 is 1.85 bits per heavy atom. The van der Waals surface area contributed by atoms with Crippen LogP contribution in [0.25, 0.3) is 0 Å². The van der Waals surface area contributed by atoms with E-state index in [9.17, 15) is 18.5 Å². The third-order valence-corrected chi connectivity index (χ3v) is 4.62. The van der Waals surface area contributed by atoms with Crippen LogP contribution in [0.2, 0.25) is 0 Å². The SMILES string of the molecule is CN(C)CCN(C)S(=O)(=O)c1ccc([N+](=O)[O-])c(N)c1. The fraction of sp³-hybridized carbons (Fsp3) is 0.455. The fourth-order valence-electron chi connectivity index (χ4n) is 1.50. The number of sulfonamides is 1. The molecule has 0 aromatic heterocycles. The van der Waals surface area contributed by atoms with Crippen molar-refractivity contribution in [3.63, 3.8) is 0 Å². The van der Waals surface area contributed by atoms with Crippen LogP contribution in [-0.2, 0) is 10.0 Å². The number of hydrogen-bond donors (Lipinski definition) is 1. The molecule has 0 aliphatic heterocycles. The zero-order valence-corrected chi connectivity index (χ0v) is 12.4. The first-order valence-electron chi connectivity index (χ1n) is 5.81. The second kappa shape index (κ2) is 6.16. The van der Waals surface area contributed by atoms with E-state index in [2.05, 4.69) is 0 Å². The molecule has 0 saturated carbocycles. The number of nitro groups is 1. The predicted octanol–water partition coefficient (Wildman–Crippen LogP) is 0.359. The van der Waals surface area contributed by atoms with Crippen molar-refractivity contribution >= 4 is 21.4 Å². The zero-order valence-electron chi connectivity index (χ0n) is 11.6. The van der Waals surface area contributed by atoms with Gasteiger partial charge in [-0.3, -0.25) is 10.1 Å². The highest BCUT2D eigenvalue weighted by Gasteiger charge is 2.23. The number of rotatable bonds is 6. The smallest absolute Gasteiger partial charge is 0.292 e. The number of benzene rings is 1. The highest BCUT2D eigenvalue weighted by atomic mass is 32.2. The van der Waals surface area contributed by atoms with Gasteiger partial charge in [0.15, 0.2) is 0 Å². The quantitative estimate of drug-likeness (QED) is 0.461. The highest BCUT2D eigenvalue weighted by molar-refractivity contribution is 7.89. The maximum atomic E-state index is 12.3. The minimum atomic E-state index is -3.70. The molecule has 20 heavy (non-hydrogen) atoms. The summed E-state index contributed by atoms with van der Waals surface area (Å²) in [5, 5.41) is 10.7. The molecule has 0 atom stereocenters. The van der Waals surface area contributed by atoms with Crippen molar-refractivity contribution in [1.82, 2.24) is 9.21 Å². The molecule has 0 amide bonds. The van der Waals surface area contributed by atoms with Crippen molar-refractivity contribution in [3.05, 3.63) is 28.3 Å². The Hall–Kier alpha value is -1.71. The molecule has 1 aromatic carbocycles. The molecule has 1 aromatic rings. The lowest BCUT2D eigenvalue weighted by Gasteiger charge is -2.19. The Morgan fingerprint density at radius 1 is 1.25 bits per heavy atom. The molecule has 0 unspecified atom stereocenters. The average Bonchev–Trinajstić information content (AvgIpc) is 2.34. The number of nitrogens with two attached hydrogens (primary N) is 1. The van der Waals surface area contributed by atoms with Crippen molar-refractivity contribution in [3.8, 4) is 0 Å². The second-order valence-corrected chi connectivity index (χ2v) is 6.65. The molecular formula is C11H18N4O4S. The standard InChI is InChI=1S/C11H18N4O4S/c1-13(2)6-7-14(3)20(18,19)9-4-5-11(15(16)17)10(12)8-9/h4-5,8H,6-7,12H2,1-3H3. The predicted molar refractivity (Wildman–Crippen MR) is 75.9 cm³/mol. The molecule has 112 valence electrons. The van der Waals surface area contributed by atoms with Crippen molar-refractivity contribution < 1.29 is 13.3 Å². The molecule has 9 heteroatoms. The normalized spacial score (nSPS) is 12.1. The molecular weight excluding hydrogens is 284 g/mol. The summed E-state index contributed by atoms with van der Waals surface area (Å²) >= 11 is 0. The first-order valence-corrected chi connectivity index (χ1v) is 7.25. The molecule has 0 heterocycles. The minimum absolute atomic E-state index is 0.0538. The topological polar surface area (TPSA) is 110 Å². The van der Waals surface area contributed by atoms with Gasteiger partial charge >= 0.3 is 0 Å². The van der Waals surface area contributed by atoms with Crippen LogP contribution >= 0.6 is 0 Å². The van der Waals surface area contributed by atoms with Gasteiger partial charge in [-0.15, -0.1) is 0 Å². The monoisotopic (exact) mass is 302 g/mol. The van der Waals surface area contributed by atoms with Gasteiger partial charge in [0.05, 0.1) is 9.82 Å². The van der Waals surface area contributed by atoms with E-state index in [-0.39, 0.29) is 16.3 Å². The average molecular weight is 302 g/mol. The molecule has 0 fully saturated rings. The van der Waals surface area contributed by atoms with Crippen LogP contribution in [0.5, 0.6) is 0 Å². The minimum Gasteiger partial charge on any atom is -0.393 e. The van der Waals surface area contributed by atoms with Gasteiger partial charge in [-0.05, 0) is 26.2 Å². The first kappa shape index (κ1) is 16.3. The van der Waals surface area contributed by atoms with Gasteiger partial charge < -0.3 is 10.6 Å². The van der Waals surface area contributed by atoms with Crippen LogP contribution < -0.4 is 5.73 Å². The fourth-order valence-corrected chi connectivity index (χ4v) is 2.70. The third-order valence-electron chi connectivity index (χ3n) is 2.77. The summed E-state index contributed by atoms with van der Waals surface area (Å²) in [4.78, 5) is 11.8. The number of nitro benzene ring substituents is 1. The van der Waals surface area contributed by atoms with Gasteiger partial charge in [-0.2, -0.15) is 4.31 Å². The van der Waals surface area contributed by atoms with E-state index >= 15 is 0 Å². The van der Waals surface area contributed by atoms with Crippen LogP contribution in [-0.4, -0.2) is 56.8 Å². The summed E-state index contributed by atoms with van der Waals surface area (Å²) in [6.45, 7) is 0.879. The first-order chi connectivity index (χ1) is 9.16. The lowest BCUT2D eigenvalue weighted by molar-refractivity contribution is -0.383. The van der Waals surface area contributed by atoms with Gasteiger partial charge in [0.2, 0.25) is 10.0 Å². The van der Waals surface area contributed by atoms with E-state index in [1.807, 2.05) is 19.0 Å². The van der Waals surface area contributed by atoms with Crippen LogP contribution in [0.1, 0.15) is 0 Å². The van der Waals surface area contributed by atoms with Crippen molar-refractivity contribution in [2.45, 2.75) is 4.90 Å². The summed E-state index contributed by atoms with van der Waals surface area (Å²) in [6, 6.07) is 3.40. The van der Waals surface area contributed by atoms with E-state index in [4.69, 9.17) is 5.73 Å². The number of nitrogen functional groups attached to an aromatic ring is 1. The summed E-state index contributed by atoms with van der Waals surface area (Å²) in [5.74, 6) is 0. The van der Waals surface area contributed by atoms with Crippen molar-refractivity contribution in [2.75, 3.05) is 40.0 Å². The molecule has 0 bridgehead atoms. The molecule has 0 aliphatic rings. The van der Waals surface area contributed by atoms with Crippen molar-refractivity contribution in [1.29, 1.82) is 0 Å². The Labute approximate surface area is 118 Å². The Kier molecular flexibility index (Phi) is 5.03. The van der Waals surface area contributed by atoms with E-state index in [0.717, 1.165) is 12.1 Å². The van der Waals surface area contributed by atoms with Gasteiger partial charge in [-0.25, -0.2) is 8.42 Å². The van der Waals surface area contributed by atoms with Crippen LogP contribution in [0.4, 0.5) is 11.4 Å². The summed E-state index contributed by atoms with van der Waals surface area (Å²) in [6.07, 6.45) is 0. The maximum absolute atomic E-state index is 12.3. The number of anilines is 1. The third kappa shape index (κ3) is 3.65. The van der Waals surface area contributed by atoms with E-state index in [1.165, 1.54) is 17.4 Å². The molecule has 8 nitrogen and oxygen atoms in total. The summed E-state index contributed by atoms with van der Waals surface area (Å²) in [7, 11) is 1.43. The lowest BCUT2D eigenvalue weighted by atomic mass is 10.3.